The minimum atomic E-state index is -0.316. The topological polar surface area (TPSA) is 76.1 Å². The third-order valence-electron chi connectivity index (χ3n) is 4.63. The predicted molar refractivity (Wildman–Crippen MR) is 74.5 cm³/mol. The monoisotopic (exact) mass is 276 g/mol. The van der Waals surface area contributed by atoms with E-state index in [2.05, 4.69) is 20.8 Å². The first-order chi connectivity index (χ1) is 9.34. The molecule has 2 amide bonds. The molecular formula is C14H20N4O2. The Labute approximate surface area is 118 Å². The number of ether oxygens (including phenoxy) is 1. The number of hydrogen-bond donors (Lipinski definition) is 2. The summed E-state index contributed by atoms with van der Waals surface area (Å²) in [7, 11) is 0. The van der Waals surface area contributed by atoms with E-state index in [4.69, 9.17) is 4.74 Å². The van der Waals surface area contributed by atoms with Crippen molar-refractivity contribution in [2.24, 2.45) is 5.92 Å². The van der Waals surface area contributed by atoms with Crippen molar-refractivity contribution in [2.75, 3.05) is 11.9 Å². The Morgan fingerprint density at radius 3 is 2.70 bits per heavy atom. The lowest BCUT2D eigenvalue weighted by molar-refractivity contribution is -0.00667. The molecule has 1 aliphatic heterocycles. The van der Waals surface area contributed by atoms with Gasteiger partial charge in [-0.25, -0.2) is 4.79 Å². The van der Waals surface area contributed by atoms with E-state index in [9.17, 15) is 4.79 Å². The molecule has 2 unspecified atom stereocenters. The molecule has 2 atom stereocenters. The summed E-state index contributed by atoms with van der Waals surface area (Å²) < 4.78 is 5.72. The summed E-state index contributed by atoms with van der Waals surface area (Å²) >= 11 is 0. The molecule has 2 aliphatic rings. The molecule has 2 fully saturated rings. The SMILES string of the molecule is Cc1cc(NC(=O)NC23CC2COC3(C)C)nnc1C. The zero-order valence-corrected chi connectivity index (χ0v) is 12.3. The van der Waals surface area contributed by atoms with Gasteiger partial charge in [-0.3, -0.25) is 5.32 Å². The minimum absolute atomic E-state index is 0.232. The van der Waals surface area contributed by atoms with E-state index < -0.39 is 0 Å². The van der Waals surface area contributed by atoms with Crippen LogP contribution in [0.3, 0.4) is 0 Å². The molecule has 0 spiro atoms. The van der Waals surface area contributed by atoms with Crippen LogP contribution in [0.25, 0.3) is 0 Å². The van der Waals surface area contributed by atoms with E-state index in [1.807, 2.05) is 33.8 Å². The van der Waals surface area contributed by atoms with Crippen LogP contribution in [0.4, 0.5) is 10.6 Å². The maximum Gasteiger partial charge on any atom is 0.320 e. The van der Waals surface area contributed by atoms with Crippen molar-refractivity contribution in [3.8, 4) is 0 Å². The van der Waals surface area contributed by atoms with Gasteiger partial charge in [0.2, 0.25) is 0 Å². The predicted octanol–water partition coefficient (Wildman–Crippen LogP) is 1.78. The molecule has 108 valence electrons. The van der Waals surface area contributed by atoms with Crippen molar-refractivity contribution in [1.29, 1.82) is 0 Å². The first-order valence-corrected chi connectivity index (χ1v) is 6.88. The number of fused-ring (bicyclic) bond motifs is 1. The van der Waals surface area contributed by atoms with Crippen LogP contribution in [0.2, 0.25) is 0 Å². The van der Waals surface area contributed by atoms with Crippen LogP contribution in [0, 0.1) is 19.8 Å². The van der Waals surface area contributed by atoms with Gasteiger partial charge < -0.3 is 10.1 Å². The second-order valence-electron chi connectivity index (χ2n) is 6.27. The smallest absolute Gasteiger partial charge is 0.320 e. The number of amides is 2. The number of rotatable bonds is 2. The minimum Gasteiger partial charge on any atom is -0.373 e. The average Bonchev–Trinajstić information content (AvgIpc) is 3.01. The Hall–Kier alpha value is -1.69. The Kier molecular flexibility index (Phi) is 2.76. The highest BCUT2D eigenvalue weighted by molar-refractivity contribution is 5.89. The third kappa shape index (κ3) is 1.95. The van der Waals surface area contributed by atoms with E-state index >= 15 is 0 Å². The molecule has 0 radical (unpaired) electrons. The summed E-state index contributed by atoms with van der Waals surface area (Å²) in [5, 5.41) is 13.8. The molecule has 2 N–H and O–H groups in total. The molecule has 0 bridgehead atoms. The van der Waals surface area contributed by atoms with E-state index in [0.29, 0.717) is 11.7 Å². The van der Waals surface area contributed by atoms with Crippen LogP contribution in [-0.4, -0.2) is 34.0 Å². The Morgan fingerprint density at radius 1 is 1.40 bits per heavy atom. The first-order valence-electron chi connectivity index (χ1n) is 6.88. The van der Waals surface area contributed by atoms with Crippen LogP contribution in [0.15, 0.2) is 6.07 Å². The fourth-order valence-electron chi connectivity index (χ4n) is 2.97. The number of urea groups is 1. The van der Waals surface area contributed by atoms with Gasteiger partial charge in [0.25, 0.3) is 0 Å². The Balaban J connectivity index is 1.68. The summed E-state index contributed by atoms with van der Waals surface area (Å²) in [4.78, 5) is 12.1. The lowest BCUT2D eigenvalue weighted by atomic mass is 9.96. The van der Waals surface area contributed by atoms with E-state index in [1.54, 1.807) is 0 Å². The zero-order chi connectivity index (χ0) is 14.5. The highest BCUT2D eigenvalue weighted by Crippen LogP contribution is 2.57. The molecule has 1 aromatic heterocycles. The molecule has 1 saturated heterocycles. The van der Waals surface area contributed by atoms with Crippen molar-refractivity contribution in [3.63, 3.8) is 0 Å². The van der Waals surface area contributed by atoms with Crippen molar-refractivity contribution >= 4 is 11.8 Å². The van der Waals surface area contributed by atoms with Crippen LogP contribution in [-0.2, 0) is 4.74 Å². The normalized spacial score (nSPS) is 29.7. The largest absolute Gasteiger partial charge is 0.373 e. The van der Waals surface area contributed by atoms with Gasteiger partial charge in [-0.05, 0) is 45.7 Å². The molecule has 1 saturated carbocycles. The van der Waals surface area contributed by atoms with Gasteiger partial charge in [-0.2, -0.15) is 5.10 Å². The summed E-state index contributed by atoms with van der Waals surface area (Å²) in [6.45, 7) is 8.60. The van der Waals surface area contributed by atoms with Crippen molar-refractivity contribution in [1.82, 2.24) is 15.5 Å². The van der Waals surface area contributed by atoms with Crippen LogP contribution in [0.5, 0.6) is 0 Å². The Bertz CT molecular complexity index is 572. The molecule has 1 aliphatic carbocycles. The van der Waals surface area contributed by atoms with E-state index in [0.717, 1.165) is 24.3 Å². The van der Waals surface area contributed by atoms with Crippen LogP contribution >= 0.6 is 0 Å². The molecule has 1 aromatic rings. The standard InChI is InChI=1S/C14H20N4O2/c1-8-5-11(18-17-9(8)2)15-12(19)16-14-6-10(14)7-20-13(14,3)4/h5,10H,6-7H2,1-4H3,(H2,15,16,18,19). The number of carbonyl (C=O) groups excluding carboxylic acids is 1. The Morgan fingerprint density at radius 2 is 2.15 bits per heavy atom. The van der Waals surface area contributed by atoms with Crippen molar-refractivity contribution in [3.05, 3.63) is 17.3 Å². The highest BCUT2D eigenvalue weighted by Gasteiger charge is 2.69. The van der Waals surface area contributed by atoms with Gasteiger partial charge in [0.05, 0.1) is 23.4 Å². The van der Waals surface area contributed by atoms with Crippen LogP contribution < -0.4 is 10.6 Å². The number of hydrogen-bond acceptors (Lipinski definition) is 4. The van der Waals surface area contributed by atoms with E-state index in [1.165, 1.54) is 0 Å². The number of aryl methyl sites for hydroxylation is 2. The molecule has 6 heteroatoms. The van der Waals surface area contributed by atoms with Gasteiger partial charge >= 0.3 is 6.03 Å². The summed E-state index contributed by atoms with van der Waals surface area (Å²) in [5.41, 5.74) is 1.32. The fourth-order valence-corrected chi connectivity index (χ4v) is 2.97. The fraction of sp³-hybridized carbons (Fsp3) is 0.643. The maximum absolute atomic E-state index is 12.1. The summed E-state index contributed by atoms with van der Waals surface area (Å²) in [5.74, 6) is 0.894. The maximum atomic E-state index is 12.1. The highest BCUT2D eigenvalue weighted by atomic mass is 16.5. The molecule has 20 heavy (non-hydrogen) atoms. The molecule has 0 aromatic carbocycles. The van der Waals surface area contributed by atoms with Gasteiger partial charge in [-0.1, -0.05) is 0 Å². The van der Waals surface area contributed by atoms with E-state index in [-0.39, 0.29) is 17.2 Å². The second kappa shape index (κ2) is 4.15. The van der Waals surface area contributed by atoms with Gasteiger partial charge in [-0.15, -0.1) is 5.10 Å². The number of nitrogens with zero attached hydrogens (tertiary/aromatic N) is 2. The first kappa shape index (κ1) is 13.3. The lowest BCUT2D eigenvalue weighted by Crippen LogP contribution is -2.52. The van der Waals surface area contributed by atoms with Crippen molar-refractivity contribution < 1.29 is 9.53 Å². The van der Waals surface area contributed by atoms with Crippen molar-refractivity contribution in [2.45, 2.75) is 45.3 Å². The number of aromatic nitrogens is 2. The molecule has 6 nitrogen and oxygen atoms in total. The average molecular weight is 276 g/mol. The number of carbonyl (C=O) groups is 1. The van der Waals surface area contributed by atoms with Crippen LogP contribution in [0.1, 0.15) is 31.5 Å². The quantitative estimate of drug-likeness (QED) is 0.863. The molecule has 2 heterocycles. The number of nitrogens with one attached hydrogen (secondary N) is 2. The summed E-state index contributed by atoms with van der Waals surface area (Å²) in [6, 6.07) is 1.57. The van der Waals surface area contributed by atoms with Gasteiger partial charge in [0.15, 0.2) is 5.82 Å². The number of anilines is 1. The third-order valence-corrected chi connectivity index (χ3v) is 4.63. The molecular weight excluding hydrogens is 256 g/mol. The van der Waals surface area contributed by atoms with Gasteiger partial charge in [0, 0.05) is 5.92 Å². The zero-order valence-electron chi connectivity index (χ0n) is 12.3. The summed E-state index contributed by atoms with van der Waals surface area (Å²) in [6.07, 6.45) is 0.978. The lowest BCUT2D eigenvalue weighted by Gasteiger charge is -2.30. The molecule has 3 rings (SSSR count). The second-order valence-corrected chi connectivity index (χ2v) is 6.27. The van der Waals surface area contributed by atoms with Gasteiger partial charge in [0.1, 0.15) is 0 Å².